The fraction of sp³-hybridized carbons (Fsp3) is 0.600. The van der Waals surface area contributed by atoms with E-state index in [4.69, 9.17) is 9.47 Å². The second-order valence-corrected chi connectivity index (χ2v) is 5.96. The number of hydrogen-bond acceptors (Lipinski definition) is 4. The molecule has 0 aliphatic rings. The molecule has 0 amide bonds. The Hall–Kier alpha value is -1.84. The van der Waals surface area contributed by atoms with Crippen LogP contribution in [0, 0.1) is 0 Å². The average Bonchev–Trinajstić information content (AvgIpc) is 2.60. The lowest BCUT2D eigenvalue weighted by Gasteiger charge is -2.11. The van der Waals surface area contributed by atoms with Gasteiger partial charge in [-0.05, 0) is 43.4 Å². The lowest BCUT2D eigenvalue weighted by molar-refractivity contribution is 0.0452. The van der Waals surface area contributed by atoms with Gasteiger partial charge in [0, 0.05) is 0 Å². The first-order chi connectivity index (χ1) is 11.6. The van der Waals surface area contributed by atoms with Gasteiger partial charge in [-0.1, -0.05) is 46.1 Å². The number of carbonyl (C=O) groups excluding carboxylic acids is 2. The van der Waals surface area contributed by atoms with E-state index in [0.717, 1.165) is 50.5 Å². The zero-order valence-corrected chi connectivity index (χ0v) is 15.2. The minimum atomic E-state index is -0.451. The number of benzene rings is 1. The van der Waals surface area contributed by atoms with Crippen molar-refractivity contribution < 1.29 is 19.1 Å². The van der Waals surface area contributed by atoms with Crippen LogP contribution in [0.2, 0.25) is 0 Å². The molecular formula is C20H30O4. The van der Waals surface area contributed by atoms with E-state index in [1.165, 1.54) is 0 Å². The topological polar surface area (TPSA) is 52.6 Å². The lowest BCUT2D eigenvalue weighted by atomic mass is 10.0. The number of esters is 2. The van der Waals surface area contributed by atoms with Crippen molar-refractivity contribution in [3.8, 4) is 0 Å². The standard InChI is InChI=1S/C20H30O4/c1-4-7-10-16-11-12-17(19(21)23-13-8-5-2)18(15-16)20(22)24-14-9-6-3/h11-12,15H,4-10,13-14H2,1-3H3. The van der Waals surface area contributed by atoms with Crippen LogP contribution < -0.4 is 0 Å². The average molecular weight is 334 g/mol. The quantitative estimate of drug-likeness (QED) is 0.425. The normalized spacial score (nSPS) is 10.5. The molecule has 4 nitrogen and oxygen atoms in total. The Kier molecular flexibility index (Phi) is 9.81. The van der Waals surface area contributed by atoms with Gasteiger partial charge < -0.3 is 9.47 Å². The fourth-order valence-electron chi connectivity index (χ4n) is 2.25. The van der Waals surface area contributed by atoms with Crippen molar-refractivity contribution >= 4 is 11.9 Å². The van der Waals surface area contributed by atoms with Gasteiger partial charge >= 0.3 is 11.9 Å². The van der Waals surface area contributed by atoms with E-state index < -0.39 is 11.9 Å². The minimum Gasteiger partial charge on any atom is -0.462 e. The maximum atomic E-state index is 12.4. The zero-order chi connectivity index (χ0) is 17.8. The number of ether oxygens (including phenoxy) is 2. The maximum Gasteiger partial charge on any atom is 0.339 e. The van der Waals surface area contributed by atoms with Gasteiger partial charge in [0.1, 0.15) is 0 Å². The first-order valence-electron chi connectivity index (χ1n) is 9.11. The fourth-order valence-corrected chi connectivity index (χ4v) is 2.25. The van der Waals surface area contributed by atoms with E-state index in [0.29, 0.717) is 24.3 Å². The predicted molar refractivity (Wildman–Crippen MR) is 95.4 cm³/mol. The summed E-state index contributed by atoms with van der Waals surface area (Å²) in [5.74, 6) is -0.892. The summed E-state index contributed by atoms with van der Waals surface area (Å²) >= 11 is 0. The molecule has 0 radical (unpaired) electrons. The molecule has 0 atom stereocenters. The third-order valence-electron chi connectivity index (χ3n) is 3.80. The van der Waals surface area contributed by atoms with Crippen LogP contribution in [0.5, 0.6) is 0 Å². The lowest BCUT2D eigenvalue weighted by Crippen LogP contribution is -2.15. The first-order valence-corrected chi connectivity index (χ1v) is 9.11. The Bertz CT molecular complexity index is 522. The predicted octanol–water partition coefficient (Wildman–Crippen LogP) is 4.94. The molecule has 0 aromatic heterocycles. The second kappa shape index (κ2) is 11.7. The van der Waals surface area contributed by atoms with Gasteiger partial charge in [-0.2, -0.15) is 0 Å². The smallest absolute Gasteiger partial charge is 0.339 e. The molecule has 134 valence electrons. The number of rotatable bonds is 11. The van der Waals surface area contributed by atoms with Gasteiger partial charge in [0.15, 0.2) is 0 Å². The molecule has 0 aliphatic carbocycles. The number of carbonyl (C=O) groups is 2. The van der Waals surface area contributed by atoms with Crippen LogP contribution in [-0.2, 0) is 15.9 Å². The van der Waals surface area contributed by atoms with Crippen LogP contribution in [0.15, 0.2) is 18.2 Å². The largest absolute Gasteiger partial charge is 0.462 e. The minimum absolute atomic E-state index is 0.299. The van der Waals surface area contributed by atoms with Crippen molar-refractivity contribution in [1.29, 1.82) is 0 Å². The maximum absolute atomic E-state index is 12.4. The summed E-state index contributed by atoms with van der Waals surface area (Å²) in [6.45, 7) is 6.94. The van der Waals surface area contributed by atoms with Crippen molar-refractivity contribution in [3.63, 3.8) is 0 Å². The summed E-state index contributed by atoms with van der Waals surface area (Å²) < 4.78 is 10.6. The number of hydrogen-bond donors (Lipinski definition) is 0. The van der Waals surface area contributed by atoms with Crippen LogP contribution in [0.1, 0.15) is 85.6 Å². The van der Waals surface area contributed by atoms with Crippen LogP contribution in [0.25, 0.3) is 0 Å². The Balaban J connectivity index is 2.93. The van der Waals surface area contributed by atoms with E-state index in [-0.39, 0.29) is 0 Å². The second-order valence-electron chi connectivity index (χ2n) is 5.96. The Morgan fingerprint density at radius 2 is 1.33 bits per heavy atom. The summed E-state index contributed by atoms with van der Waals surface area (Å²) in [7, 11) is 0. The van der Waals surface area contributed by atoms with Crippen LogP contribution in [0.3, 0.4) is 0 Å². The molecule has 1 rings (SSSR count). The molecule has 1 aromatic rings. The van der Waals surface area contributed by atoms with Gasteiger partial charge in [-0.3, -0.25) is 0 Å². The molecule has 0 saturated carbocycles. The van der Waals surface area contributed by atoms with Gasteiger partial charge in [-0.25, -0.2) is 9.59 Å². The van der Waals surface area contributed by atoms with Crippen molar-refractivity contribution in [3.05, 3.63) is 34.9 Å². The van der Waals surface area contributed by atoms with Gasteiger partial charge in [0.05, 0.1) is 24.3 Å². The molecule has 1 aromatic carbocycles. The van der Waals surface area contributed by atoms with Gasteiger partial charge in [0.25, 0.3) is 0 Å². The van der Waals surface area contributed by atoms with Crippen molar-refractivity contribution in [2.45, 2.75) is 65.7 Å². The van der Waals surface area contributed by atoms with E-state index in [2.05, 4.69) is 6.92 Å². The van der Waals surface area contributed by atoms with E-state index in [1.54, 1.807) is 12.1 Å². The summed E-state index contributed by atoms with van der Waals surface area (Å²) in [5.41, 5.74) is 1.67. The number of unbranched alkanes of at least 4 members (excludes halogenated alkanes) is 3. The van der Waals surface area contributed by atoms with E-state index in [9.17, 15) is 9.59 Å². The van der Waals surface area contributed by atoms with Crippen molar-refractivity contribution in [1.82, 2.24) is 0 Å². The van der Waals surface area contributed by atoms with Crippen molar-refractivity contribution in [2.75, 3.05) is 13.2 Å². The monoisotopic (exact) mass is 334 g/mol. The molecule has 24 heavy (non-hydrogen) atoms. The molecule has 0 saturated heterocycles. The van der Waals surface area contributed by atoms with Gasteiger partial charge in [-0.15, -0.1) is 0 Å². The molecule has 0 bridgehead atoms. The van der Waals surface area contributed by atoms with Crippen molar-refractivity contribution in [2.24, 2.45) is 0 Å². The highest BCUT2D eigenvalue weighted by Crippen LogP contribution is 2.17. The Morgan fingerprint density at radius 1 is 0.792 bits per heavy atom. The zero-order valence-electron chi connectivity index (χ0n) is 15.2. The molecule has 0 spiro atoms. The van der Waals surface area contributed by atoms with Crippen LogP contribution >= 0.6 is 0 Å². The number of aryl methyl sites for hydroxylation is 1. The summed E-state index contributed by atoms with van der Waals surface area (Å²) in [6, 6.07) is 5.37. The highest BCUT2D eigenvalue weighted by atomic mass is 16.5. The summed E-state index contributed by atoms with van der Waals surface area (Å²) in [5, 5.41) is 0. The highest BCUT2D eigenvalue weighted by molar-refractivity contribution is 6.03. The van der Waals surface area contributed by atoms with Crippen LogP contribution in [-0.4, -0.2) is 25.2 Å². The third kappa shape index (κ3) is 6.73. The highest BCUT2D eigenvalue weighted by Gasteiger charge is 2.20. The first kappa shape index (κ1) is 20.2. The van der Waals surface area contributed by atoms with Gasteiger partial charge in [0.2, 0.25) is 0 Å². The molecule has 0 fully saturated rings. The van der Waals surface area contributed by atoms with Crippen LogP contribution in [0.4, 0.5) is 0 Å². The summed E-state index contributed by atoms with van der Waals surface area (Å²) in [4.78, 5) is 24.6. The molecule has 0 unspecified atom stereocenters. The molecule has 0 heterocycles. The third-order valence-corrected chi connectivity index (χ3v) is 3.80. The molecule has 4 heteroatoms. The molecular weight excluding hydrogens is 304 g/mol. The molecule has 0 N–H and O–H groups in total. The van der Waals surface area contributed by atoms with E-state index in [1.807, 2.05) is 19.9 Å². The Morgan fingerprint density at radius 3 is 1.88 bits per heavy atom. The SMILES string of the molecule is CCCCOC(=O)c1ccc(CCCC)cc1C(=O)OCCCC. The molecule has 0 aliphatic heterocycles. The Labute approximate surface area is 145 Å². The van der Waals surface area contributed by atoms with E-state index >= 15 is 0 Å². The summed E-state index contributed by atoms with van der Waals surface area (Å²) in [6.07, 6.45) is 6.55.